The number of aliphatic imine (C=N–C) groups is 1. The van der Waals surface area contributed by atoms with E-state index in [9.17, 15) is 4.79 Å². The molecule has 7 heteroatoms. The molecule has 156 valence electrons. The highest BCUT2D eigenvalue weighted by Crippen LogP contribution is 2.23. The predicted octanol–water partition coefficient (Wildman–Crippen LogP) is 4.80. The van der Waals surface area contributed by atoms with Gasteiger partial charge in [0.25, 0.3) is 5.91 Å². The second kappa shape index (κ2) is 12.5. The highest BCUT2D eigenvalue weighted by atomic mass is 35.5. The maximum atomic E-state index is 12.2. The minimum Gasteiger partial charge on any atom is -0.399 e. The van der Waals surface area contributed by atoms with Crippen molar-refractivity contribution in [2.24, 2.45) is 10.7 Å². The molecule has 0 aliphatic rings. The van der Waals surface area contributed by atoms with E-state index >= 15 is 0 Å². The third-order valence-electron chi connectivity index (χ3n) is 3.92. The molecular weight excluding hydrogens is 419 g/mol. The lowest BCUT2D eigenvalue weighted by molar-refractivity contribution is 0.0953. The van der Waals surface area contributed by atoms with Crippen molar-refractivity contribution in [2.45, 2.75) is 6.42 Å². The molecular formula is C23H24Cl2N4O. The van der Waals surface area contributed by atoms with Crippen molar-refractivity contribution < 1.29 is 4.79 Å². The number of carbonyl (C=O) groups is 1. The molecule has 0 aromatic heterocycles. The third kappa shape index (κ3) is 8.15. The Morgan fingerprint density at radius 3 is 2.40 bits per heavy atom. The van der Waals surface area contributed by atoms with Gasteiger partial charge in [-0.05, 0) is 36.3 Å². The number of hydrogen-bond acceptors (Lipinski definition) is 4. The van der Waals surface area contributed by atoms with Crippen LogP contribution in [0.2, 0.25) is 10.0 Å². The SMILES string of the molecule is C=C(\N=C/C=C(N)/C=C/c1ccccc1)NCCCNC(=O)c1c(Cl)cccc1Cl. The van der Waals surface area contributed by atoms with Crippen LogP contribution in [-0.4, -0.2) is 25.2 Å². The molecule has 30 heavy (non-hydrogen) atoms. The van der Waals surface area contributed by atoms with E-state index in [-0.39, 0.29) is 11.5 Å². The van der Waals surface area contributed by atoms with Crippen molar-refractivity contribution in [1.82, 2.24) is 10.6 Å². The van der Waals surface area contributed by atoms with Crippen LogP contribution in [0.25, 0.3) is 6.08 Å². The molecule has 0 unspecified atom stereocenters. The maximum absolute atomic E-state index is 12.2. The van der Waals surface area contributed by atoms with E-state index in [0.717, 1.165) is 5.56 Å². The fourth-order valence-electron chi connectivity index (χ4n) is 2.40. The minimum absolute atomic E-state index is 0.286. The Morgan fingerprint density at radius 2 is 1.70 bits per heavy atom. The number of nitrogens with two attached hydrogens (primary N) is 1. The first-order valence-corrected chi connectivity index (χ1v) is 10.1. The van der Waals surface area contributed by atoms with Gasteiger partial charge in [-0.3, -0.25) is 4.79 Å². The molecule has 2 aromatic rings. The summed E-state index contributed by atoms with van der Waals surface area (Å²) in [5.74, 6) is 0.207. The second-order valence-corrected chi connectivity index (χ2v) is 7.08. The van der Waals surface area contributed by atoms with Gasteiger partial charge in [-0.15, -0.1) is 0 Å². The van der Waals surface area contributed by atoms with Crippen molar-refractivity contribution in [1.29, 1.82) is 0 Å². The van der Waals surface area contributed by atoms with Crippen LogP contribution in [-0.2, 0) is 0 Å². The number of carbonyl (C=O) groups excluding carboxylic acids is 1. The number of nitrogens with zero attached hydrogens (tertiary/aromatic N) is 1. The number of amides is 1. The lowest BCUT2D eigenvalue weighted by Crippen LogP contribution is -2.27. The standard InChI is InChI=1S/C23H24Cl2N4O/c1-17(28-16-13-19(26)12-11-18-7-3-2-4-8-18)27-14-6-15-29-23(30)22-20(24)9-5-10-21(22)25/h2-5,7-13,16,27H,1,6,14-15,26H2,(H,29,30)/b12-11+,19-13-,28-16-. The van der Waals surface area contributed by atoms with Gasteiger partial charge in [0.15, 0.2) is 0 Å². The first-order valence-electron chi connectivity index (χ1n) is 9.35. The van der Waals surface area contributed by atoms with Crippen molar-refractivity contribution >= 4 is 41.4 Å². The summed E-state index contributed by atoms with van der Waals surface area (Å²) in [7, 11) is 0. The second-order valence-electron chi connectivity index (χ2n) is 6.27. The summed E-state index contributed by atoms with van der Waals surface area (Å²) in [6.45, 7) is 4.89. The average molecular weight is 443 g/mol. The van der Waals surface area contributed by atoms with Gasteiger partial charge in [-0.25, -0.2) is 4.99 Å². The molecule has 2 rings (SSSR count). The molecule has 0 saturated heterocycles. The van der Waals surface area contributed by atoms with Gasteiger partial charge in [-0.2, -0.15) is 0 Å². The summed E-state index contributed by atoms with van der Waals surface area (Å²) in [6.07, 6.45) is 7.70. The summed E-state index contributed by atoms with van der Waals surface area (Å²) in [5.41, 5.74) is 7.85. The van der Waals surface area contributed by atoms with Crippen molar-refractivity contribution in [3.05, 3.63) is 100.0 Å². The zero-order chi connectivity index (χ0) is 21.8. The van der Waals surface area contributed by atoms with E-state index < -0.39 is 0 Å². The Labute approximate surface area is 187 Å². The smallest absolute Gasteiger partial charge is 0.254 e. The van der Waals surface area contributed by atoms with Gasteiger partial charge in [0.2, 0.25) is 0 Å². The summed E-state index contributed by atoms with van der Waals surface area (Å²) in [4.78, 5) is 16.3. The lowest BCUT2D eigenvalue weighted by atomic mass is 10.2. The zero-order valence-electron chi connectivity index (χ0n) is 16.4. The molecule has 0 heterocycles. The number of benzene rings is 2. The molecule has 0 bridgehead atoms. The van der Waals surface area contributed by atoms with Crippen LogP contribution in [0, 0.1) is 0 Å². The fraction of sp³-hybridized carbons (Fsp3) is 0.130. The van der Waals surface area contributed by atoms with E-state index in [1.807, 2.05) is 42.5 Å². The van der Waals surface area contributed by atoms with E-state index in [2.05, 4.69) is 22.2 Å². The zero-order valence-corrected chi connectivity index (χ0v) is 18.0. The molecule has 0 radical (unpaired) electrons. The number of hydrogen-bond donors (Lipinski definition) is 3. The van der Waals surface area contributed by atoms with E-state index in [1.165, 1.54) is 0 Å². The minimum atomic E-state index is -0.299. The lowest BCUT2D eigenvalue weighted by Gasteiger charge is -2.09. The van der Waals surface area contributed by atoms with Gasteiger partial charge in [-0.1, -0.05) is 72.3 Å². The average Bonchev–Trinajstić information content (AvgIpc) is 2.72. The first-order chi connectivity index (χ1) is 14.5. The highest BCUT2D eigenvalue weighted by molar-refractivity contribution is 6.39. The number of allylic oxidation sites excluding steroid dienone is 2. The predicted molar refractivity (Wildman–Crippen MR) is 127 cm³/mol. The normalized spacial score (nSPS) is 11.7. The Bertz CT molecular complexity index is 933. The molecule has 2 aromatic carbocycles. The van der Waals surface area contributed by atoms with Crippen LogP contribution >= 0.6 is 23.2 Å². The Hall–Kier alpha value is -3.02. The summed E-state index contributed by atoms with van der Waals surface area (Å²) >= 11 is 12.0. The van der Waals surface area contributed by atoms with Crippen LogP contribution in [0.15, 0.2) is 83.8 Å². The topological polar surface area (TPSA) is 79.5 Å². The van der Waals surface area contributed by atoms with Gasteiger partial charge in [0, 0.05) is 25.0 Å². The molecule has 0 saturated carbocycles. The summed E-state index contributed by atoms with van der Waals surface area (Å²) < 4.78 is 0. The van der Waals surface area contributed by atoms with Gasteiger partial charge >= 0.3 is 0 Å². The van der Waals surface area contributed by atoms with Crippen LogP contribution in [0.1, 0.15) is 22.3 Å². The Morgan fingerprint density at radius 1 is 1.03 bits per heavy atom. The van der Waals surface area contributed by atoms with Gasteiger partial charge in [0.05, 0.1) is 15.6 Å². The van der Waals surface area contributed by atoms with Crippen molar-refractivity contribution in [2.75, 3.05) is 13.1 Å². The van der Waals surface area contributed by atoms with E-state index in [0.29, 0.717) is 41.1 Å². The van der Waals surface area contributed by atoms with Crippen molar-refractivity contribution in [3.8, 4) is 0 Å². The van der Waals surface area contributed by atoms with Gasteiger partial charge < -0.3 is 16.4 Å². The molecule has 0 aliphatic heterocycles. The largest absolute Gasteiger partial charge is 0.399 e. The van der Waals surface area contributed by atoms with Crippen LogP contribution in [0.5, 0.6) is 0 Å². The molecule has 0 spiro atoms. The Balaban J connectivity index is 1.67. The molecule has 1 amide bonds. The molecule has 0 fully saturated rings. The van der Waals surface area contributed by atoms with E-state index in [4.69, 9.17) is 28.9 Å². The van der Waals surface area contributed by atoms with Crippen LogP contribution in [0.3, 0.4) is 0 Å². The van der Waals surface area contributed by atoms with Gasteiger partial charge in [0.1, 0.15) is 5.82 Å². The number of halogens is 2. The summed E-state index contributed by atoms with van der Waals surface area (Å²) in [5, 5.41) is 6.51. The van der Waals surface area contributed by atoms with Crippen molar-refractivity contribution in [3.63, 3.8) is 0 Å². The molecule has 0 atom stereocenters. The summed E-state index contributed by atoms with van der Waals surface area (Å²) in [6, 6.07) is 14.8. The number of nitrogens with one attached hydrogen (secondary N) is 2. The molecule has 0 aliphatic carbocycles. The first kappa shape index (κ1) is 23.3. The molecule has 4 N–H and O–H groups in total. The van der Waals surface area contributed by atoms with Crippen LogP contribution in [0.4, 0.5) is 0 Å². The maximum Gasteiger partial charge on any atom is 0.254 e. The third-order valence-corrected chi connectivity index (χ3v) is 4.55. The van der Waals surface area contributed by atoms with Crippen LogP contribution < -0.4 is 16.4 Å². The van der Waals surface area contributed by atoms with E-state index in [1.54, 1.807) is 30.5 Å². The quantitative estimate of drug-likeness (QED) is 0.280. The molecule has 5 nitrogen and oxygen atoms in total. The highest BCUT2D eigenvalue weighted by Gasteiger charge is 2.13. The fourth-order valence-corrected chi connectivity index (χ4v) is 2.97. The number of rotatable bonds is 10. The Kier molecular flexibility index (Phi) is 9.71. The monoisotopic (exact) mass is 442 g/mol.